The smallest absolute Gasteiger partial charge is 0.200 e. The molecule has 1 fully saturated rings. The summed E-state index contributed by atoms with van der Waals surface area (Å²) < 4.78 is 29.3. The summed E-state index contributed by atoms with van der Waals surface area (Å²) in [6.45, 7) is 0.697. The van der Waals surface area contributed by atoms with Crippen LogP contribution in [0, 0.1) is 5.82 Å². The normalized spacial score (nSPS) is 20.5. The van der Waals surface area contributed by atoms with E-state index in [0.717, 1.165) is 19.3 Å². The van der Waals surface area contributed by atoms with Crippen molar-refractivity contribution in [1.82, 2.24) is 0 Å². The van der Waals surface area contributed by atoms with Gasteiger partial charge >= 0.3 is 0 Å². The van der Waals surface area contributed by atoms with Gasteiger partial charge < -0.3 is 14.2 Å². The molecule has 3 nitrogen and oxygen atoms in total. The van der Waals surface area contributed by atoms with Gasteiger partial charge in [-0.15, -0.1) is 0 Å². The van der Waals surface area contributed by atoms with Crippen molar-refractivity contribution in [3.63, 3.8) is 0 Å². The monoisotopic (exact) mass is 226 g/mol. The van der Waals surface area contributed by atoms with Crippen LogP contribution in [0.5, 0.6) is 11.5 Å². The summed E-state index contributed by atoms with van der Waals surface area (Å²) in [5, 5.41) is 0. The van der Waals surface area contributed by atoms with Crippen LogP contribution in [0.25, 0.3) is 0 Å². The summed E-state index contributed by atoms with van der Waals surface area (Å²) in [7, 11) is 1.42. The summed E-state index contributed by atoms with van der Waals surface area (Å²) in [6.07, 6.45) is 2.67. The first kappa shape index (κ1) is 11.2. The van der Waals surface area contributed by atoms with E-state index < -0.39 is 5.82 Å². The van der Waals surface area contributed by atoms with Gasteiger partial charge in [-0.05, 0) is 25.0 Å². The highest BCUT2D eigenvalue weighted by Crippen LogP contribution is 2.31. The van der Waals surface area contributed by atoms with E-state index in [1.807, 2.05) is 0 Å². The van der Waals surface area contributed by atoms with Crippen LogP contribution < -0.4 is 9.47 Å². The number of halogens is 1. The Hall–Kier alpha value is -1.29. The third-order valence-electron chi connectivity index (χ3n) is 2.53. The second-order valence-corrected chi connectivity index (χ2v) is 3.69. The van der Waals surface area contributed by atoms with Crippen LogP contribution in [0.15, 0.2) is 18.2 Å². The highest BCUT2D eigenvalue weighted by Gasteiger charge is 2.18. The summed E-state index contributed by atoms with van der Waals surface area (Å²) in [4.78, 5) is 0. The zero-order valence-corrected chi connectivity index (χ0v) is 9.24. The fourth-order valence-electron chi connectivity index (χ4n) is 1.73. The van der Waals surface area contributed by atoms with Gasteiger partial charge in [0.05, 0.1) is 13.7 Å². The van der Waals surface area contributed by atoms with Gasteiger partial charge in [0, 0.05) is 6.42 Å². The lowest BCUT2D eigenvalue weighted by molar-refractivity contribution is -0.106. The van der Waals surface area contributed by atoms with E-state index in [1.165, 1.54) is 13.2 Å². The molecule has 88 valence electrons. The molecule has 0 amide bonds. The molecule has 4 heteroatoms. The minimum absolute atomic E-state index is 0.136. The van der Waals surface area contributed by atoms with E-state index in [0.29, 0.717) is 12.4 Å². The van der Waals surface area contributed by atoms with Gasteiger partial charge in [-0.3, -0.25) is 0 Å². The molecule has 1 unspecified atom stereocenters. The van der Waals surface area contributed by atoms with Crippen LogP contribution in [-0.2, 0) is 4.74 Å². The molecule has 1 atom stereocenters. The molecule has 0 radical (unpaired) electrons. The number of rotatable bonds is 3. The summed E-state index contributed by atoms with van der Waals surface area (Å²) >= 11 is 0. The number of hydrogen-bond donors (Lipinski definition) is 0. The van der Waals surface area contributed by atoms with E-state index >= 15 is 0 Å². The maximum absolute atomic E-state index is 13.4. The Kier molecular flexibility index (Phi) is 3.62. The fraction of sp³-hybridized carbons (Fsp3) is 0.500. The van der Waals surface area contributed by atoms with E-state index in [9.17, 15) is 4.39 Å². The first-order valence-electron chi connectivity index (χ1n) is 5.42. The fourth-order valence-corrected chi connectivity index (χ4v) is 1.73. The minimum Gasteiger partial charge on any atom is -0.490 e. The molecule has 1 aromatic rings. The third kappa shape index (κ3) is 2.44. The van der Waals surface area contributed by atoms with Crippen molar-refractivity contribution in [2.24, 2.45) is 0 Å². The van der Waals surface area contributed by atoms with Gasteiger partial charge in [0.15, 0.2) is 23.6 Å². The molecule has 0 saturated carbocycles. The van der Waals surface area contributed by atoms with Gasteiger partial charge in [0.1, 0.15) is 0 Å². The predicted octanol–water partition coefficient (Wildman–Crippen LogP) is 2.74. The Labute approximate surface area is 94.1 Å². The van der Waals surface area contributed by atoms with Crippen LogP contribution in [0.3, 0.4) is 0 Å². The largest absolute Gasteiger partial charge is 0.490 e. The molecule has 1 aliphatic rings. The van der Waals surface area contributed by atoms with Crippen molar-refractivity contribution in [2.75, 3.05) is 13.7 Å². The van der Waals surface area contributed by atoms with Crippen molar-refractivity contribution in [3.8, 4) is 11.5 Å². The minimum atomic E-state index is -0.421. The molecular weight excluding hydrogens is 211 g/mol. The maximum Gasteiger partial charge on any atom is 0.200 e. The van der Waals surface area contributed by atoms with Gasteiger partial charge in [-0.2, -0.15) is 0 Å². The molecule has 2 rings (SSSR count). The molecule has 1 aromatic carbocycles. The van der Waals surface area contributed by atoms with Crippen LogP contribution in [-0.4, -0.2) is 20.0 Å². The Bertz CT molecular complexity index is 348. The van der Waals surface area contributed by atoms with E-state index in [4.69, 9.17) is 14.2 Å². The topological polar surface area (TPSA) is 27.7 Å². The highest BCUT2D eigenvalue weighted by molar-refractivity contribution is 5.40. The Morgan fingerprint density at radius 1 is 1.38 bits per heavy atom. The lowest BCUT2D eigenvalue weighted by Gasteiger charge is -2.24. The lowest BCUT2D eigenvalue weighted by atomic mass is 10.2. The molecular formula is C12H15FO3. The zero-order valence-electron chi connectivity index (χ0n) is 9.24. The molecule has 1 aliphatic heterocycles. The number of para-hydroxylation sites is 1. The molecule has 0 aliphatic carbocycles. The number of hydrogen-bond acceptors (Lipinski definition) is 3. The second kappa shape index (κ2) is 5.16. The maximum atomic E-state index is 13.4. The second-order valence-electron chi connectivity index (χ2n) is 3.69. The summed E-state index contributed by atoms with van der Waals surface area (Å²) in [5.74, 6) is 0.113. The van der Waals surface area contributed by atoms with Crippen molar-refractivity contribution in [2.45, 2.75) is 25.6 Å². The average molecular weight is 226 g/mol. The number of benzene rings is 1. The molecule has 0 aromatic heterocycles. The van der Waals surface area contributed by atoms with Crippen LogP contribution in [0.2, 0.25) is 0 Å². The highest BCUT2D eigenvalue weighted by atomic mass is 19.1. The lowest BCUT2D eigenvalue weighted by Crippen LogP contribution is -2.25. The van der Waals surface area contributed by atoms with E-state index in [2.05, 4.69) is 0 Å². The zero-order chi connectivity index (χ0) is 11.4. The molecule has 1 saturated heterocycles. The summed E-state index contributed by atoms with van der Waals surface area (Å²) in [5.41, 5.74) is 0. The van der Waals surface area contributed by atoms with E-state index in [1.54, 1.807) is 12.1 Å². The Morgan fingerprint density at radius 2 is 2.25 bits per heavy atom. The number of ether oxygens (including phenoxy) is 3. The van der Waals surface area contributed by atoms with Gasteiger partial charge in [-0.25, -0.2) is 4.39 Å². The van der Waals surface area contributed by atoms with Crippen LogP contribution >= 0.6 is 0 Å². The van der Waals surface area contributed by atoms with Crippen molar-refractivity contribution in [3.05, 3.63) is 24.0 Å². The molecule has 0 bridgehead atoms. The third-order valence-corrected chi connectivity index (χ3v) is 2.53. The predicted molar refractivity (Wildman–Crippen MR) is 57.2 cm³/mol. The Balaban J connectivity index is 2.10. The summed E-state index contributed by atoms with van der Waals surface area (Å²) in [6, 6.07) is 4.61. The first-order chi connectivity index (χ1) is 7.81. The van der Waals surface area contributed by atoms with Crippen molar-refractivity contribution < 1.29 is 18.6 Å². The van der Waals surface area contributed by atoms with Crippen molar-refractivity contribution in [1.29, 1.82) is 0 Å². The van der Waals surface area contributed by atoms with Gasteiger partial charge in [0.25, 0.3) is 0 Å². The molecule has 0 spiro atoms. The average Bonchev–Trinajstić information content (AvgIpc) is 2.31. The SMILES string of the molecule is COc1c(F)cccc1OC1CCCCO1. The molecule has 1 heterocycles. The molecule has 0 N–H and O–H groups in total. The Morgan fingerprint density at radius 3 is 2.94 bits per heavy atom. The molecule has 16 heavy (non-hydrogen) atoms. The standard InChI is InChI=1S/C12H15FO3/c1-14-12-9(13)5-4-6-10(12)16-11-7-2-3-8-15-11/h4-6,11H,2-3,7-8H2,1H3. The van der Waals surface area contributed by atoms with Crippen LogP contribution in [0.4, 0.5) is 4.39 Å². The first-order valence-corrected chi connectivity index (χ1v) is 5.42. The number of methoxy groups -OCH3 is 1. The van der Waals surface area contributed by atoms with Gasteiger partial charge in [0.2, 0.25) is 0 Å². The van der Waals surface area contributed by atoms with E-state index in [-0.39, 0.29) is 12.0 Å². The quantitative estimate of drug-likeness (QED) is 0.793. The van der Waals surface area contributed by atoms with Crippen LogP contribution in [0.1, 0.15) is 19.3 Å². The van der Waals surface area contributed by atoms with Crippen molar-refractivity contribution >= 4 is 0 Å². The van der Waals surface area contributed by atoms with Gasteiger partial charge in [-0.1, -0.05) is 6.07 Å².